The van der Waals surface area contributed by atoms with Gasteiger partial charge in [0, 0.05) is 18.2 Å². The summed E-state index contributed by atoms with van der Waals surface area (Å²) in [7, 11) is 1.53. The Bertz CT molecular complexity index is 441. The van der Waals surface area contributed by atoms with Crippen LogP contribution in [-0.4, -0.2) is 30.5 Å². The Balaban J connectivity index is 3.04. The molecular formula is C14H20N2O2. The van der Waals surface area contributed by atoms with Crippen molar-refractivity contribution in [2.24, 2.45) is 0 Å². The molecular weight excluding hydrogens is 228 g/mol. The zero-order valence-corrected chi connectivity index (χ0v) is 11.1. The van der Waals surface area contributed by atoms with Crippen molar-refractivity contribution in [2.75, 3.05) is 19.4 Å². The number of anilines is 1. The fourth-order valence-electron chi connectivity index (χ4n) is 1.68. The van der Waals surface area contributed by atoms with Crippen LogP contribution in [0.3, 0.4) is 0 Å². The summed E-state index contributed by atoms with van der Waals surface area (Å²) in [4.78, 5) is 14.1. The van der Waals surface area contributed by atoms with E-state index < -0.39 is 0 Å². The number of hydrogen-bond acceptors (Lipinski definition) is 3. The Morgan fingerprint density at radius 2 is 2.22 bits per heavy atom. The molecule has 0 fully saturated rings. The van der Waals surface area contributed by atoms with Gasteiger partial charge in [-0.05, 0) is 32.0 Å². The van der Waals surface area contributed by atoms with Crippen molar-refractivity contribution in [1.29, 1.82) is 0 Å². The summed E-state index contributed by atoms with van der Waals surface area (Å²) in [6.07, 6.45) is 1.71. The highest BCUT2D eigenvalue weighted by Crippen LogP contribution is 2.23. The Morgan fingerprint density at radius 3 is 2.72 bits per heavy atom. The Kier molecular flexibility index (Phi) is 4.77. The van der Waals surface area contributed by atoms with Gasteiger partial charge in [0.2, 0.25) is 0 Å². The molecule has 0 bridgehead atoms. The first kappa shape index (κ1) is 14.1. The third-order valence-electron chi connectivity index (χ3n) is 2.69. The first-order valence-corrected chi connectivity index (χ1v) is 5.86. The molecule has 1 amide bonds. The smallest absolute Gasteiger partial charge is 0.254 e. The number of rotatable bonds is 5. The lowest BCUT2D eigenvalue weighted by Gasteiger charge is -2.25. The third kappa shape index (κ3) is 3.03. The van der Waals surface area contributed by atoms with Crippen LogP contribution >= 0.6 is 0 Å². The molecule has 2 N–H and O–H groups in total. The lowest BCUT2D eigenvalue weighted by atomic mass is 10.1. The highest BCUT2D eigenvalue weighted by molar-refractivity contribution is 5.95. The first-order valence-electron chi connectivity index (χ1n) is 5.86. The van der Waals surface area contributed by atoms with Crippen molar-refractivity contribution < 1.29 is 9.53 Å². The van der Waals surface area contributed by atoms with Crippen LogP contribution in [0.5, 0.6) is 5.75 Å². The minimum absolute atomic E-state index is 0.0526. The third-order valence-corrected chi connectivity index (χ3v) is 2.69. The van der Waals surface area contributed by atoms with Gasteiger partial charge in [-0.3, -0.25) is 4.79 Å². The molecule has 4 nitrogen and oxygen atoms in total. The molecule has 18 heavy (non-hydrogen) atoms. The van der Waals surface area contributed by atoms with Crippen molar-refractivity contribution in [1.82, 2.24) is 4.90 Å². The van der Waals surface area contributed by atoms with Gasteiger partial charge in [0.15, 0.2) is 0 Å². The maximum atomic E-state index is 12.3. The summed E-state index contributed by atoms with van der Waals surface area (Å²) in [5.41, 5.74) is 6.82. The topological polar surface area (TPSA) is 55.6 Å². The van der Waals surface area contributed by atoms with E-state index in [0.717, 1.165) is 0 Å². The summed E-state index contributed by atoms with van der Waals surface area (Å²) in [5.74, 6) is 0.464. The van der Waals surface area contributed by atoms with Crippen LogP contribution in [0.2, 0.25) is 0 Å². The van der Waals surface area contributed by atoms with Gasteiger partial charge >= 0.3 is 0 Å². The zero-order valence-electron chi connectivity index (χ0n) is 11.1. The van der Waals surface area contributed by atoms with Gasteiger partial charge in [-0.1, -0.05) is 6.08 Å². The fourth-order valence-corrected chi connectivity index (χ4v) is 1.68. The van der Waals surface area contributed by atoms with E-state index in [1.54, 1.807) is 29.2 Å². The first-order chi connectivity index (χ1) is 8.51. The molecule has 0 radical (unpaired) electrons. The highest BCUT2D eigenvalue weighted by Gasteiger charge is 2.18. The van der Waals surface area contributed by atoms with Gasteiger partial charge in [-0.15, -0.1) is 6.58 Å². The van der Waals surface area contributed by atoms with E-state index in [1.807, 2.05) is 13.8 Å². The fraction of sp³-hybridized carbons (Fsp3) is 0.357. The van der Waals surface area contributed by atoms with E-state index >= 15 is 0 Å². The highest BCUT2D eigenvalue weighted by atomic mass is 16.5. The normalized spacial score (nSPS) is 10.2. The van der Waals surface area contributed by atoms with Crippen molar-refractivity contribution >= 4 is 11.6 Å². The second-order valence-corrected chi connectivity index (χ2v) is 4.30. The second kappa shape index (κ2) is 6.10. The summed E-state index contributed by atoms with van der Waals surface area (Å²) in [6.45, 7) is 8.12. The van der Waals surface area contributed by atoms with Crippen molar-refractivity contribution in [2.45, 2.75) is 19.9 Å². The van der Waals surface area contributed by atoms with Crippen molar-refractivity contribution in [3.8, 4) is 5.75 Å². The molecule has 0 aromatic heterocycles. The van der Waals surface area contributed by atoms with E-state index in [0.29, 0.717) is 23.5 Å². The maximum absolute atomic E-state index is 12.3. The van der Waals surface area contributed by atoms with Crippen LogP contribution in [0.25, 0.3) is 0 Å². The number of nitrogens with zero attached hydrogens (tertiary/aromatic N) is 1. The monoisotopic (exact) mass is 248 g/mol. The molecule has 0 aliphatic carbocycles. The number of amides is 1. The number of methoxy groups -OCH3 is 1. The predicted molar refractivity (Wildman–Crippen MR) is 73.8 cm³/mol. The van der Waals surface area contributed by atoms with E-state index in [1.165, 1.54) is 7.11 Å². The summed E-state index contributed by atoms with van der Waals surface area (Å²) in [5, 5.41) is 0. The molecule has 0 heterocycles. The van der Waals surface area contributed by atoms with Gasteiger partial charge in [0.25, 0.3) is 5.91 Å². The molecule has 98 valence electrons. The second-order valence-electron chi connectivity index (χ2n) is 4.30. The van der Waals surface area contributed by atoms with Gasteiger partial charge in [0.1, 0.15) is 5.75 Å². The van der Waals surface area contributed by atoms with E-state index in [2.05, 4.69) is 6.58 Å². The average molecular weight is 248 g/mol. The molecule has 0 aliphatic heterocycles. The van der Waals surface area contributed by atoms with Gasteiger partial charge in [-0.25, -0.2) is 0 Å². The van der Waals surface area contributed by atoms with Crippen molar-refractivity contribution in [3.63, 3.8) is 0 Å². The van der Waals surface area contributed by atoms with Crippen LogP contribution in [-0.2, 0) is 0 Å². The largest absolute Gasteiger partial charge is 0.495 e. The number of nitrogen functional groups attached to an aromatic ring is 1. The van der Waals surface area contributed by atoms with E-state index in [9.17, 15) is 4.79 Å². The molecule has 1 aromatic rings. The zero-order chi connectivity index (χ0) is 13.7. The molecule has 4 heteroatoms. The molecule has 0 atom stereocenters. The molecule has 1 rings (SSSR count). The van der Waals surface area contributed by atoms with Gasteiger partial charge in [0.05, 0.1) is 12.8 Å². The predicted octanol–water partition coefficient (Wildman–Crippen LogP) is 2.31. The van der Waals surface area contributed by atoms with Crippen LogP contribution in [0.1, 0.15) is 24.2 Å². The average Bonchev–Trinajstić information content (AvgIpc) is 2.35. The molecule has 0 saturated heterocycles. The summed E-state index contributed by atoms with van der Waals surface area (Å²) >= 11 is 0. The molecule has 0 unspecified atom stereocenters. The number of carbonyl (C=O) groups is 1. The lowest BCUT2D eigenvalue weighted by molar-refractivity contribution is 0.0728. The molecule has 0 saturated carbocycles. The Labute approximate surface area is 108 Å². The van der Waals surface area contributed by atoms with Crippen LogP contribution < -0.4 is 10.5 Å². The van der Waals surface area contributed by atoms with Crippen LogP contribution in [0, 0.1) is 0 Å². The lowest BCUT2D eigenvalue weighted by Crippen LogP contribution is -2.37. The number of nitrogens with two attached hydrogens (primary N) is 1. The summed E-state index contributed by atoms with van der Waals surface area (Å²) < 4.78 is 5.12. The molecule has 0 spiro atoms. The van der Waals surface area contributed by atoms with Gasteiger partial charge in [-0.2, -0.15) is 0 Å². The number of carbonyl (C=O) groups excluding carboxylic acids is 1. The number of ether oxygens (including phenoxy) is 1. The minimum atomic E-state index is -0.0526. The van der Waals surface area contributed by atoms with E-state index in [-0.39, 0.29) is 11.9 Å². The van der Waals surface area contributed by atoms with Crippen molar-refractivity contribution in [3.05, 3.63) is 36.4 Å². The van der Waals surface area contributed by atoms with Gasteiger partial charge < -0.3 is 15.4 Å². The SMILES string of the molecule is C=CCN(C(=O)c1ccc(N)c(OC)c1)C(C)C. The number of benzene rings is 1. The summed E-state index contributed by atoms with van der Waals surface area (Å²) in [6, 6.07) is 5.16. The van der Waals surface area contributed by atoms with Crippen LogP contribution in [0.15, 0.2) is 30.9 Å². The van der Waals surface area contributed by atoms with Crippen LogP contribution in [0.4, 0.5) is 5.69 Å². The van der Waals surface area contributed by atoms with E-state index in [4.69, 9.17) is 10.5 Å². The molecule has 1 aromatic carbocycles. The standard InChI is InChI=1S/C14H20N2O2/c1-5-8-16(10(2)3)14(17)11-6-7-12(15)13(9-11)18-4/h5-7,9-10H,1,8,15H2,2-4H3. The maximum Gasteiger partial charge on any atom is 0.254 e. The minimum Gasteiger partial charge on any atom is -0.495 e. The number of hydrogen-bond donors (Lipinski definition) is 1. The Hall–Kier alpha value is -1.97. The Morgan fingerprint density at radius 1 is 1.56 bits per heavy atom. The molecule has 0 aliphatic rings. The quantitative estimate of drug-likeness (QED) is 0.642.